The maximum atomic E-state index is 11.1. The Balaban J connectivity index is 2.22. The van der Waals surface area contributed by atoms with Gasteiger partial charge in [-0.25, -0.2) is 4.98 Å². The Morgan fingerprint density at radius 2 is 2.33 bits per heavy atom. The average molecular weight is 248 g/mol. The molecule has 1 aromatic carbocycles. The van der Waals surface area contributed by atoms with Crippen molar-refractivity contribution in [3.8, 4) is 0 Å². The molecule has 0 aliphatic carbocycles. The quantitative estimate of drug-likeness (QED) is 0.632. The average Bonchev–Trinajstić information content (AvgIpc) is 2.77. The largest absolute Gasteiger partial charge is 0.349 e. The van der Waals surface area contributed by atoms with Gasteiger partial charge in [0.2, 0.25) is 5.91 Å². The van der Waals surface area contributed by atoms with Crippen molar-refractivity contribution < 1.29 is 9.72 Å². The molecule has 1 aromatic heterocycles. The minimum atomic E-state index is -0.460. The maximum Gasteiger partial charge on any atom is 0.271 e. The van der Waals surface area contributed by atoms with Gasteiger partial charge in [-0.05, 0) is 6.07 Å². The molecular formula is C11H12N4O3. The first kappa shape index (κ1) is 12.0. The molecular weight excluding hydrogens is 236 g/mol. The molecule has 0 radical (unpaired) electrons. The van der Waals surface area contributed by atoms with E-state index in [0.29, 0.717) is 23.3 Å². The monoisotopic (exact) mass is 248 g/mol. The van der Waals surface area contributed by atoms with Crippen molar-refractivity contribution in [1.29, 1.82) is 0 Å². The van der Waals surface area contributed by atoms with Gasteiger partial charge >= 0.3 is 0 Å². The number of aromatic nitrogens is 2. The standard InChI is InChI=1S/C11H12N4O3/c1-2-11(16)12-6-10-13-8-4-3-7(15(17)18)5-9(8)14-10/h3-5H,2,6H2,1H3,(H,12,16)(H,13,14). The van der Waals surface area contributed by atoms with E-state index in [1.165, 1.54) is 12.1 Å². The summed E-state index contributed by atoms with van der Waals surface area (Å²) >= 11 is 0. The number of non-ortho nitro benzene ring substituents is 1. The fourth-order valence-electron chi connectivity index (χ4n) is 1.56. The molecule has 1 heterocycles. The van der Waals surface area contributed by atoms with Gasteiger partial charge in [-0.2, -0.15) is 0 Å². The van der Waals surface area contributed by atoms with Crippen molar-refractivity contribution in [2.45, 2.75) is 19.9 Å². The van der Waals surface area contributed by atoms with Crippen LogP contribution in [0.15, 0.2) is 18.2 Å². The van der Waals surface area contributed by atoms with E-state index in [4.69, 9.17) is 0 Å². The molecule has 2 N–H and O–H groups in total. The van der Waals surface area contributed by atoms with Crippen LogP contribution >= 0.6 is 0 Å². The third kappa shape index (κ3) is 2.45. The molecule has 0 bridgehead atoms. The third-order valence-corrected chi connectivity index (χ3v) is 2.50. The number of fused-ring (bicyclic) bond motifs is 1. The van der Waals surface area contributed by atoms with Gasteiger partial charge in [-0.3, -0.25) is 14.9 Å². The highest BCUT2D eigenvalue weighted by Crippen LogP contribution is 2.18. The molecule has 7 heteroatoms. The molecule has 1 amide bonds. The number of benzene rings is 1. The molecule has 18 heavy (non-hydrogen) atoms. The fraction of sp³-hybridized carbons (Fsp3) is 0.273. The first-order chi connectivity index (χ1) is 8.60. The van der Waals surface area contributed by atoms with Crippen LogP contribution < -0.4 is 5.32 Å². The Bertz CT molecular complexity index is 605. The molecule has 0 unspecified atom stereocenters. The summed E-state index contributed by atoms with van der Waals surface area (Å²) in [5.41, 5.74) is 1.24. The van der Waals surface area contributed by atoms with Gasteiger partial charge < -0.3 is 10.3 Å². The number of imidazole rings is 1. The maximum absolute atomic E-state index is 11.1. The summed E-state index contributed by atoms with van der Waals surface area (Å²) in [6, 6.07) is 4.40. The Morgan fingerprint density at radius 1 is 1.56 bits per heavy atom. The molecule has 2 rings (SSSR count). The van der Waals surface area contributed by atoms with E-state index in [9.17, 15) is 14.9 Å². The molecule has 2 aromatic rings. The van der Waals surface area contributed by atoms with E-state index < -0.39 is 4.92 Å². The van der Waals surface area contributed by atoms with Crippen LogP contribution in [-0.4, -0.2) is 20.8 Å². The van der Waals surface area contributed by atoms with Gasteiger partial charge in [0.15, 0.2) is 0 Å². The van der Waals surface area contributed by atoms with Crippen LogP contribution in [0, 0.1) is 10.1 Å². The first-order valence-corrected chi connectivity index (χ1v) is 5.50. The predicted molar refractivity (Wildman–Crippen MR) is 64.9 cm³/mol. The van der Waals surface area contributed by atoms with Crippen molar-refractivity contribution in [3.05, 3.63) is 34.1 Å². The van der Waals surface area contributed by atoms with Gasteiger partial charge in [0.25, 0.3) is 5.69 Å². The normalized spacial score (nSPS) is 10.5. The van der Waals surface area contributed by atoms with E-state index in [1.807, 2.05) is 0 Å². The lowest BCUT2D eigenvalue weighted by atomic mass is 10.3. The van der Waals surface area contributed by atoms with Gasteiger partial charge in [-0.15, -0.1) is 0 Å². The molecule has 0 aliphatic heterocycles. The molecule has 0 aliphatic rings. The Labute approximate surface area is 102 Å². The predicted octanol–water partition coefficient (Wildman–Crippen LogP) is 1.50. The topological polar surface area (TPSA) is 101 Å². The van der Waals surface area contributed by atoms with Crippen LogP contribution in [0.3, 0.4) is 0 Å². The molecule has 7 nitrogen and oxygen atoms in total. The van der Waals surface area contributed by atoms with Crippen LogP contribution in [0.25, 0.3) is 11.0 Å². The lowest BCUT2D eigenvalue weighted by Crippen LogP contribution is -2.21. The number of nitro groups is 1. The molecule has 0 fully saturated rings. The van der Waals surface area contributed by atoms with Crippen molar-refractivity contribution in [2.24, 2.45) is 0 Å². The van der Waals surface area contributed by atoms with Crippen molar-refractivity contribution in [2.75, 3.05) is 0 Å². The van der Waals surface area contributed by atoms with E-state index in [2.05, 4.69) is 15.3 Å². The summed E-state index contributed by atoms with van der Waals surface area (Å²) in [6.07, 6.45) is 0.408. The highest BCUT2D eigenvalue weighted by molar-refractivity contribution is 5.78. The minimum Gasteiger partial charge on any atom is -0.349 e. The van der Waals surface area contributed by atoms with Gasteiger partial charge in [0.1, 0.15) is 5.82 Å². The number of amides is 1. The highest BCUT2D eigenvalue weighted by Gasteiger charge is 2.09. The van der Waals surface area contributed by atoms with Crippen LogP contribution in [0.2, 0.25) is 0 Å². The number of nitrogens with one attached hydrogen (secondary N) is 2. The summed E-state index contributed by atoms with van der Waals surface area (Å²) < 4.78 is 0. The van der Waals surface area contributed by atoms with Crippen LogP contribution in [0.1, 0.15) is 19.2 Å². The van der Waals surface area contributed by atoms with Crippen molar-refractivity contribution in [1.82, 2.24) is 15.3 Å². The highest BCUT2D eigenvalue weighted by atomic mass is 16.6. The van der Waals surface area contributed by atoms with Crippen LogP contribution in [0.5, 0.6) is 0 Å². The summed E-state index contributed by atoms with van der Waals surface area (Å²) in [7, 11) is 0. The smallest absolute Gasteiger partial charge is 0.271 e. The Morgan fingerprint density at radius 3 is 3.00 bits per heavy atom. The second-order valence-electron chi connectivity index (χ2n) is 3.77. The molecule has 0 spiro atoms. The van der Waals surface area contributed by atoms with Gasteiger partial charge in [0, 0.05) is 18.6 Å². The van der Waals surface area contributed by atoms with Crippen LogP contribution in [0.4, 0.5) is 5.69 Å². The van der Waals surface area contributed by atoms with Gasteiger partial charge in [-0.1, -0.05) is 6.92 Å². The molecule has 0 atom stereocenters. The number of H-pyrrole nitrogens is 1. The Kier molecular flexibility index (Phi) is 3.22. The number of nitro benzene ring substituents is 1. The fourth-order valence-corrected chi connectivity index (χ4v) is 1.56. The zero-order valence-corrected chi connectivity index (χ0v) is 9.77. The lowest BCUT2D eigenvalue weighted by Gasteiger charge is -1.98. The minimum absolute atomic E-state index is 0.00953. The van der Waals surface area contributed by atoms with E-state index in [-0.39, 0.29) is 18.1 Å². The van der Waals surface area contributed by atoms with E-state index in [1.54, 1.807) is 13.0 Å². The zero-order chi connectivity index (χ0) is 13.1. The second-order valence-corrected chi connectivity index (χ2v) is 3.77. The Hall–Kier alpha value is -2.44. The van der Waals surface area contributed by atoms with E-state index >= 15 is 0 Å². The number of hydrogen-bond acceptors (Lipinski definition) is 4. The first-order valence-electron chi connectivity index (χ1n) is 5.50. The van der Waals surface area contributed by atoms with Gasteiger partial charge in [0.05, 0.1) is 22.5 Å². The number of hydrogen-bond donors (Lipinski definition) is 2. The zero-order valence-electron chi connectivity index (χ0n) is 9.77. The van der Waals surface area contributed by atoms with Crippen molar-refractivity contribution >= 4 is 22.6 Å². The number of carbonyl (C=O) groups excluding carboxylic acids is 1. The number of aromatic amines is 1. The SMILES string of the molecule is CCC(=O)NCc1nc2ccc([N+](=O)[O-])cc2[nH]1. The molecule has 0 saturated carbocycles. The molecule has 0 saturated heterocycles. The number of carbonyl (C=O) groups is 1. The lowest BCUT2D eigenvalue weighted by molar-refractivity contribution is -0.384. The van der Waals surface area contributed by atoms with Crippen LogP contribution in [-0.2, 0) is 11.3 Å². The van der Waals surface area contributed by atoms with Crippen molar-refractivity contribution in [3.63, 3.8) is 0 Å². The summed E-state index contributed by atoms with van der Waals surface area (Å²) in [4.78, 5) is 28.4. The number of nitrogens with zero attached hydrogens (tertiary/aromatic N) is 2. The summed E-state index contributed by atoms with van der Waals surface area (Å²) in [5.74, 6) is 0.508. The van der Waals surface area contributed by atoms with E-state index in [0.717, 1.165) is 0 Å². The summed E-state index contributed by atoms with van der Waals surface area (Å²) in [5, 5.41) is 13.3. The third-order valence-electron chi connectivity index (χ3n) is 2.50. The molecule has 94 valence electrons. The number of rotatable bonds is 4. The second kappa shape index (κ2) is 4.82. The summed E-state index contributed by atoms with van der Waals surface area (Å²) in [6.45, 7) is 2.05.